The third kappa shape index (κ3) is 9.21. The molecule has 0 aliphatic carbocycles. The fourth-order valence-electron chi connectivity index (χ4n) is 5.12. The minimum absolute atomic E-state index is 0.0625. The summed E-state index contributed by atoms with van der Waals surface area (Å²) < 4.78 is 40.4. The van der Waals surface area contributed by atoms with Crippen LogP contribution < -0.4 is 19.1 Å². The van der Waals surface area contributed by atoms with E-state index in [4.69, 9.17) is 32.7 Å². The van der Waals surface area contributed by atoms with Crippen molar-refractivity contribution in [2.45, 2.75) is 43.7 Å². The lowest BCUT2D eigenvalue weighted by Crippen LogP contribution is -2.53. The number of nitrogens with zero attached hydrogens (tertiary/aromatic N) is 2. The third-order valence-electron chi connectivity index (χ3n) is 7.74. The number of hydrogen-bond donors (Lipinski definition) is 1. The maximum atomic E-state index is 14.7. The molecule has 0 aliphatic rings. The molecule has 0 unspecified atom stereocenters. The number of hydrogen-bond acceptors (Lipinski definition) is 6. The molecule has 9 nitrogen and oxygen atoms in total. The van der Waals surface area contributed by atoms with Gasteiger partial charge in [-0.3, -0.25) is 13.9 Å². The van der Waals surface area contributed by atoms with E-state index in [-0.39, 0.29) is 35.2 Å². The summed E-state index contributed by atoms with van der Waals surface area (Å²) in [7, 11) is -1.44. The Kier molecular flexibility index (Phi) is 13.1. The number of unbranched alkanes of at least 4 members (excludes halogenated alkanes) is 1. The molecular formula is C36H39Cl2N3O6S. The number of carbonyl (C=O) groups excluding carboxylic acids is 2. The molecule has 0 heterocycles. The maximum absolute atomic E-state index is 14.7. The van der Waals surface area contributed by atoms with E-state index in [1.54, 1.807) is 42.5 Å². The zero-order valence-corrected chi connectivity index (χ0v) is 29.4. The van der Waals surface area contributed by atoms with Gasteiger partial charge in [-0.15, -0.1) is 0 Å². The van der Waals surface area contributed by atoms with Crippen LogP contribution in [0.5, 0.6) is 11.5 Å². The Morgan fingerprint density at radius 2 is 1.56 bits per heavy atom. The number of halogens is 2. The first-order valence-corrected chi connectivity index (χ1v) is 17.6. The van der Waals surface area contributed by atoms with Crippen LogP contribution in [0.3, 0.4) is 0 Å². The van der Waals surface area contributed by atoms with E-state index >= 15 is 0 Å². The van der Waals surface area contributed by atoms with Gasteiger partial charge in [-0.1, -0.05) is 85.1 Å². The Morgan fingerprint density at radius 1 is 0.875 bits per heavy atom. The molecule has 4 aromatic carbocycles. The quantitative estimate of drug-likeness (QED) is 0.129. The van der Waals surface area contributed by atoms with Gasteiger partial charge in [-0.2, -0.15) is 0 Å². The summed E-state index contributed by atoms with van der Waals surface area (Å²) >= 11 is 12.8. The molecule has 0 saturated heterocycles. The average Bonchev–Trinajstić information content (AvgIpc) is 3.09. The van der Waals surface area contributed by atoms with Crippen molar-refractivity contribution in [1.82, 2.24) is 10.2 Å². The number of anilines is 1. The first-order chi connectivity index (χ1) is 23.1. The highest BCUT2D eigenvalue weighted by Crippen LogP contribution is 2.33. The van der Waals surface area contributed by atoms with Crippen molar-refractivity contribution in [3.05, 3.63) is 118 Å². The number of methoxy groups -OCH3 is 2. The van der Waals surface area contributed by atoms with Gasteiger partial charge in [0.25, 0.3) is 10.0 Å². The van der Waals surface area contributed by atoms with Crippen LogP contribution >= 0.6 is 23.2 Å². The van der Waals surface area contributed by atoms with Gasteiger partial charge in [0, 0.05) is 29.6 Å². The molecule has 0 aliphatic heterocycles. The topological polar surface area (TPSA) is 105 Å². The standard InChI is InChI=1S/C36H39Cl2N3O6S/c1-4-5-21-39-36(43)33(22-26-11-7-6-8-12-26)40(24-27-15-16-28(37)23-31(27)38)35(42)25-41(32-13-9-10-14-34(32)47-3)48(44,45)30-19-17-29(46-2)18-20-30/h6-20,23,33H,4-5,21-22,24-25H2,1-3H3,(H,39,43)/t33-/m0/s1. The van der Waals surface area contributed by atoms with Gasteiger partial charge >= 0.3 is 0 Å². The minimum atomic E-state index is -4.34. The molecule has 0 saturated carbocycles. The van der Waals surface area contributed by atoms with Crippen LogP contribution in [0.1, 0.15) is 30.9 Å². The summed E-state index contributed by atoms with van der Waals surface area (Å²) in [4.78, 5) is 29.9. The number of ether oxygens (including phenoxy) is 2. The molecular weight excluding hydrogens is 673 g/mol. The van der Waals surface area contributed by atoms with Gasteiger partial charge in [-0.05, 0) is 66.1 Å². The summed E-state index contributed by atoms with van der Waals surface area (Å²) in [5, 5.41) is 3.68. The molecule has 0 spiro atoms. The largest absolute Gasteiger partial charge is 0.497 e. The van der Waals surface area contributed by atoms with E-state index in [0.29, 0.717) is 27.9 Å². The number of sulfonamides is 1. The first-order valence-electron chi connectivity index (χ1n) is 15.4. The molecule has 0 fully saturated rings. The summed E-state index contributed by atoms with van der Waals surface area (Å²) in [5.74, 6) is -0.284. The van der Waals surface area contributed by atoms with E-state index in [1.807, 2.05) is 37.3 Å². The van der Waals surface area contributed by atoms with Crippen LogP contribution in [0.25, 0.3) is 0 Å². The van der Waals surface area contributed by atoms with Crippen LogP contribution in [0.15, 0.2) is 102 Å². The van der Waals surface area contributed by atoms with Crippen molar-refractivity contribution in [2.24, 2.45) is 0 Å². The number of amides is 2. The zero-order chi connectivity index (χ0) is 34.7. The predicted octanol–water partition coefficient (Wildman–Crippen LogP) is 6.76. The molecule has 1 atom stereocenters. The van der Waals surface area contributed by atoms with Crippen molar-refractivity contribution in [2.75, 3.05) is 31.6 Å². The Bertz CT molecular complexity index is 1790. The molecule has 48 heavy (non-hydrogen) atoms. The van der Waals surface area contributed by atoms with Crippen LogP contribution in [-0.4, -0.2) is 58.5 Å². The lowest BCUT2D eigenvalue weighted by Gasteiger charge is -2.34. The molecule has 0 bridgehead atoms. The van der Waals surface area contributed by atoms with Crippen molar-refractivity contribution >= 4 is 50.7 Å². The highest BCUT2D eigenvalue weighted by molar-refractivity contribution is 7.92. The van der Waals surface area contributed by atoms with E-state index < -0.39 is 28.5 Å². The lowest BCUT2D eigenvalue weighted by atomic mass is 10.0. The Balaban J connectivity index is 1.84. The Labute approximate surface area is 292 Å². The third-order valence-corrected chi connectivity index (χ3v) is 10.1. The van der Waals surface area contributed by atoms with E-state index in [9.17, 15) is 18.0 Å². The average molecular weight is 713 g/mol. The summed E-state index contributed by atoms with van der Waals surface area (Å²) in [6.07, 6.45) is 1.79. The van der Waals surface area contributed by atoms with Crippen molar-refractivity contribution in [3.63, 3.8) is 0 Å². The molecule has 4 aromatic rings. The molecule has 4 rings (SSSR count). The van der Waals surface area contributed by atoms with Crippen molar-refractivity contribution in [3.8, 4) is 11.5 Å². The molecule has 2 amide bonds. The SMILES string of the molecule is CCCCNC(=O)[C@H](Cc1ccccc1)N(Cc1ccc(Cl)cc1Cl)C(=O)CN(c1ccccc1OC)S(=O)(=O)c1ccc(OC)cc1. The van der Waals surface area contributed by atoms with Crippen LogP contribution in [0.2, 0.25) is 10.0 Å². The molecule has 12 heteroatoms. The Hall–Kier alpha value is -4.25. The molecule has 0 aromatic heterocycles. The second kappa shape index (κ2) is 17.2. The number of rotatable bonds is 16. The Morgan fingerprint density at radius 3 is 2.21 bits per heavy atom. The van der Waals surface area contributed by atoms with Crippen LogP contribution in [-0.2, 0) is 32.6 Å². The lowest BCUT2D eigenvalue weighted by molar-refractivity contribution is -0.140. The fourth-order valence-corrected chi connectivity index (χ4v) is 7.01. The first kappa shape index (κ1) is 36.6. The van der Waals surface area contributed by atoms with Crippen molar-refractivity contribution < 1.29 is 27.5 Å². The second-order valence-electron chi connectivity index (χ2n) is 11.0. The van der Waals surface area contributed by atoms with Crippen LogP contribution in [0, 0.1) is 0 Å². The fraction of sp³-hybridized carbons (Fsp3) is 0.278. The zero-order valence-electron chi connectivity index (χ0n) is 27.1. The molecule has 1 N–H and O–H groups in total. The van der Waals surface area contributed by atoms with Gasteiger partial charge in [0.05, 0.1) is 24.8 Å². The van der Waals surface area contributed by atoms with Gasteiger partial charge in [0.2, 0.25) is 11.8 Å². The summed E-state index contributed by atoms with van der Waals surface area (Å²) in [6, 6.07) is 25.6. The van der Waals surface area contributed by atoms with E-state index in [0.717, 1.165) is 22.7 Å². The predicted molar refractivity (Wildman–Crippen MR) is 189 cm³/mol. The normalized spacial score (nSPS) is 11.8. The highest BCUT2D eigenvalue weighted by atomic mass is 35.5. The van der Waals surface area contributed by atoms with E-state index in [1.165, 1.54) is 43.4 Å². The maximum Gasteiger partial charge on any atom is 0.264 e. The minimum Gasteiger partial charge on any atom is -0.497 e. The summed E-state index contributed by atoms with van der Waals surface area (Å²) in [5.41, 5.74) is 1.51. The van der Waals surface area contributed by atoms with Gasteiger partial charge in [0.1, 0.15) is 24.1 Å². The number of benzene rings is 4. The van der Waals surface area contributed by atoms with Gasteiger partial charge < -0.3 is 19.7 Å². The van der Waals surface area contributed by atoms with Gasteiger partial charge in [-0.25, -0.2) is 8.42 Å². The summed E-state index contributed by atoms with van der Waals surface area (Å²) in [6.45, 7) is 1.70. The highest BCUT2D eigenvalue weighted by Gasteiger charge is 2.35. The monoisotopic (exact) mass is 711 g/mol. The molecule has 0 radical (unpaired) electrons. The number of nitrogens with one attached hydrogen (secondary N) is 1. The number of para-hydroxylation sites is 2. The van der Waals surface area contributed by atoms with Crippen molar-refractivity contribution in [1.29, 1.82) is 0 Å². The molecule has 254 valence electrons. The number of carbonyl (C=O) groups is 2. The van der Waals surface area contributed by atoms with Crippen LogP contribution in [0.4, 0.5) is 5.69 Å². The smallest absolute Gasteiger partial charge is 0.264 e. The second-order valence-corrected chi connectivity index (χ2v) is 13.7. The van der Waals surface area contributed by atoms with Gasteiger partial charge in [0.15, 0.2) is 0 Å². The van der Waals surface area contributed by atoms with E-state index in [2.05, 4.69) is 5.32 Å².